The Hall–Kier alpha value is -4.02. The number of carbonyl (C=O) groups excluding carboxylic acids is 5. The van der Waals surface area contributed by atoms with Gasteiger partial charge in [0, 0.05) is 45.9 Å². The maximum Gasteiger partial charge on any atom is 0 e. The first-order chi connectivity index (χ1) is 28.7. The summed E-state index contributed by atoms with van der Waals surface area (Å²) < 4.78 is 55.6. The van der Waals surface area contributed by atoms with Crippen molar-refractivity contribution >= 4 is 36.8 Å². The van der Waals surface area contributed by atoms with Crippen molar-refractivity contribution in [3.05, 3.63) is 82.9 Å². The summed E-state index contributed by atoms with van der Waals surface area (Å²) in [4.78, 5) is 72.8. The summed E-state index contributed by atoms with van der Waals surface area (Å²) in [5.74, 6) is -5.24. The van der Waals surface area contributed by atoms with Crippen LogP contribution < -0.4 is 0 Å². The van der Waals surface area contributed by atoms with E-state index in [1.54, 1.807) is 88.9 Å². The van der Waals surface area contributed by atoms with Gasteiger partial charge in [0.2, 0.25) is 0 Å². The molecule has 0 amide bonds. The third-order valence-electron chi connectivity index (χ3n) is 14.1. The van der Waals surface area contributed by atoms with Crippen molar-refractivity contribution in [2.45, 2.75) is 128 Å². The average Bonchev–Trinajstić information content (AvgIpc) is 3.47. The summed E-state index contributed by atoms with van der Waals surface area (Å²) >= 11 is 0. The van der Waals surface area contributed by atoms with Gasteiger partial charge in [-0.2, -0.15) is 0 Å². The molecule has 1 radical (unpaired) electrons. The van der Waals surface area contributed by atoms with Gasteiger partial charge in [0.25, 0.3) is 0 Å². The first-order valence-electron chi connectivity index (χ1n) is 20.6. The first kappa shape index (κ1) is 47.5. The van der Waals surface area contributed by atoms with E-state index in [9.17, 15) is 29.0 Å². The number of rotatable bonds is 10. The van der Waals surface area contributed by atoms with E-state index in [0.717, 1.165) is 14.1 Å². The van der Waals surface area contributed by atoms with E-state index >= 15 is 4.79 Å². The number of fused-ring (bicyclic) bond motifs is 5. The standard InChI is InChI=1S/C45H54BNO14.V/c1-24-29(58-40(52)35-33(27-16-12-10-13-17-27)47(23-46-54)42(6,7)61-35)21-45(53)38(59-39(51)28-18-14-11-15-19-28)36-43(8,37(50)34(57-25(2)48)32(24)41(45,4)5)30(55-9)20-31-44(36,22-56-31)60-26(3)49;/h10-19,29-31,33-36,38,53H,20-23H2,1-9H3;/t29?,30?,31?,33?,34?,35?,36?,38?,43-,44+,45?;/m1./s1. The van der Waals surface area contributed by atoms with Crippen LogP contribution in [0.5, 0.6) is 0 Å². The number of methoxy groups -OCH3 is 1. The molecule has 2 aromatic carbocycles. The van der Waals surface area contributed by atoms with Gasteiger partial charge in [-0.15, -0.1) is 0 Å². The number of ether oxygens (including phenoxy) is 7. The molecule has 0 spiro atoms. The molecule has 17 heteroatoms. The van der Waals surface area contributed by atoms with Gasteiger partial charge in [0.1, 0.15) is 6.10 Å². The van der Waals surface area contributed by atoms with Gasteiger partial charge >= 0.3 is 239 Å². The number of aliphatic hydroxyl groups is 1. The van der Waals surface area contributed by atoms with Gasteiger partial charge in [-0.05, 0) is 19.1 Å². The Balaban J connectivity index is 0.00000641. The minimum atomic E-state index is -2.26. The summed E-state index contributed by atoms with van der Waals surface area (Å²) in [5.41, 5.74) is -7.08. The first-order valence-corrected chi connectivity index (χ1v) is 20.6. The van der Waals surface area contributed by atoms with Crippen molar-refractivity contribution in [2.75, 3.05) is 20.2 Å². The molecule has 9 unspecified atom stereocenters. The van der Waals surface area contributed by atoms with Crippen molar-refractivity contribution in [1.82, 2.24) is 4.90 Å². The fraction of sp³-hybridized carbons (Fsp3) is 0.578. The fourth-order valence-electron chi connectivity index (χ4n) is 11.1. The van der Waals surface area contributed by atoms with Crippen LogP contribution in [0.1, 0.15) is 90.2 Å². The third kappa shape index (κ3) is 7.42. The predicted octanol–water partition coefficient (Wildman–Crippen LogP) is 4.04. The van der Waals surface area contributed by atoms with Crippen LogP contribution in [-0.4, -0.2) is 121 Å². The number of ketones is 1. The van der Waals surface area contributed by atoms with Crippen molar-refractivity contribution in [3.63, 3.8) is 0 Å². The Kier molecular flexibility index (Phi) is 13.1. The molecule has 2 heterocycles. The Bertz CT molecular complexity index is 2130. The number of benzene rings is 2. The second-order valence-corrected chi connectivity index (χ2v) is 18.0. The molecule has 7 rings (SSSR count). The van der Waals surface area contributed by atoms with Crippen molar-refractivity contribution in [2.24, 2.45) is 16.7 Å². The van der Waals surface area contributed by atoms with Crippen LogP contribution in [0.4, 0.5) is 0 Å². The van der Waals surface area contributed by atoms with Gasteiger partial charge in [-0.3, -0.25) is 9.59 Å². The van der Waals surface area contributed by atoms with E-state index in [1.165, 1.54) is 14.0 Å². The zero-order valence-corrected chi connectivity index (χ0v) is 37.8. The number of hydrogen-bond donors (Lipinski definition) is 1. The predicted molar refractivity (Wildman–Crippen MR) is 215 cm³/mol. The van der Waals surface area contributed by atoms with Crippen LogP contribution in [0.2, 0.25) is 0 Å². The van der Waals surface area contributed by atoms with Crippen molar-refractivity contribution in [3.8, 4) is 0 Å². The molecule has 3 aliphatic carbocycles. The Morgan fingerprint density at radius 3 is 2.10 bits per heavy atom. The molecule has 5 aliphatic rings. The van der Waals surface area contributed by atoms with Crippen LogP contribution in [-0.2, 0) is 75.6 Å². The second kappa shape index (κ2) is 17.2. The minimum absolute atomic E-state index is 0. The second-order valence-electron chi connectivity index (χ2n) is 18.0. The number of Topliss-reactive ketones (excluding diaryl/α,β-unsaturated/α-hetero) is 1. The van der Waals surface area contributed by atoms with Crippen LogP contribution in [0.3, 0.4) is 0 Å². The number of hydrogen-bond acceptors (Lipinski definition) is 15. The summed E-state index contributed by atoms with van der Waals surface area (Å²) in [7, 11) is 2.14. The monoisotopic (exact) mass is 894 g/mol. The van der Waals surface area contributed by atoms with Crippen LogP contribution in [0.15, 0.2) is 71.8 Å². The third-order valence-corrected chi connectivity index (χ3v) is 14.1. The summed E-state index contributed by atoms with van der Waals surface area (Å²) in [6.45, 7) is 12.2. The molecular weight excluding hydrogens is 840 g/mol. The molecule has 11 atom stereocenters. The minimum Gasteiger partial charge on any atom is 0 e. The van der Waals surface area contributed by atoms with Gasteiger partial charge in [-0.25, -0.2) is 4.79 Å². The SMILES string of the molecule is COC1CC2OC[C@@]2(OC(C)=O)C2C(OC(=O)c3ccccc3)C3(O)CC(OC(=O)C4OC(C)(C)N(CB=O)C4c4ccccc4)C(C)=C(C(OC(C)=O)C(=O)[C@]12C)C3(C)C.[V]. The van der Waals surface area contributed by atoms with Gasteiger partial charge < -0.3 is 14.2 Å². The quantitative estimate of drug-likeness (QED) is 0.156. The molecule has 331 valence electrons. The molecule has 15 nitrogen and oxygen atoms in total. The Morgan fingerprint density at radius 2 is 1.55 bits per heavy atom. The molecule has 2 bridgehead atoms. The smallest absolute Gasteiger partial charge is 0 e. The van der Waals surface area contributed by atoms with E-state index in [-0.39, 0.29) is 49.2 Å². The Labute approximate surface area is 373 Å². The summed E-state index contributed by atoms with van der Waals surface area (Å²) in [6, 6.07) is 16.4. The zero-order chi connectivity index (χ0) is 44.4. The molecule has 1 N–H and O–H groups in total. The molecular formula is C45H54BNO14V. The van der Waals surface area contributed by atoms with E-state index in [0.29, 0.717) is 11.1 Å². The summed E-state index contributed by atoms with van der Waals surface area (Å²) in [5, 5.41) is 13.9. The van der Waals surface area contributed by atoms with Crippen LogP contribution >= 0.6 is 0 Å². The van der Waals surface area contributed by atoms with Crippen LogP contribution in [0.25, 0.3) is 0 Å². The zero-order valence-electron chi connectivity index (χ0n) is 36.4. The molecule has 2 saturated carbocycles. The van der Waals surface area contributed by atoms with E-state index in [2.05, 4.69) is 0 Å². The summed E-state index contributed by atoms with van der Waals surface area (Å²) in [6.07, 6.45) is -8.19. The molecule has 2 aliphatic heterocycles. The molecule has 62 heavy (non-hydrogen) atoms. The average molecular weight is 895 g/mol. The van der Waals surface area contributed by atoms with Gasteiger partial charge in [0.15, 0.2) is 0 Å². The number of esters is 4. The van der Waals surface area contributed by atoms with Gasteiger partial charge in [-0.1, -0.05) is 18.2 Å². The van der Waals surface area contributed by atoms with Crippen molar-refractivity contribution in [1.29, 1.82) is 0 Å². The molecule has 4 fully saturated rings. The normalized spacial score (nSPS) is 35.5. The molecule has 2 aromatic rings. The van der Waals surface area contributed by atoms with E-state index in [4.69, 9.17) is 33.2 Å². The Morgan fingerprint density at radius 1 is 0.919 bits per heavy atom. The maximum absolute atomic E-state index is 15.8. The maximum atomic E-state index is 15.8. The van der Waals surface area contributed by atoms with Gasteiger partial charge in [0.05, 0.1) is 18.3 Å². The van der Waals surface area contributed by atoms with Crippen molar-refractivity contribution < 1.29 is 85.5 Å². The van der Waals surface area contributed by atoms with Crippen LogP contribution in [0, 0.1) is 16.7 Å². The topological polar surface area (TPSA) is 190 Å². The number of carbonyl (C=O) groups is 5. The molecule has 0 aromatic heterocycles. The molecule has 2 saturated heterocycles. The van der Waals surface area contributed by atoms with E-state index in [1.807, 2.05) is 18.2 Å². The number of nitrogens with zero attached hydrogens (tertiary/aromatic N) is 1. The largest absolute Gasteiger partial charge is 0 e. The van der Waals surface area contributed by atoms with E-state index < -0.39 is 112 Å². The fourth-order valence-corrected chi connectivity index (χ4v) is 11.1.